The van der Waals surface area contributed by atoms with Crippen LogP contribution in [0.25, 0.3) is 16.9 Å². The van der Waals surface area contributed by atoms with Crippen LogP contribution in [0.3, 0.4) is 0 Å². The van der Waals surface area contributed by atoms with Crippen LogP contribution in [0.4, 0.5) is 29.5 Å². The molecule has 5 heterocycles. The number of rotatable bonds is 5. The lowest BCUT2D eigenvalue weighted by Crippen LogP contribution is -2.54. The van der Waals surface area contributed by atoms with E-state index < -0.39 is 11.9 Å². The quantitative estimate of drug-likeness (QED) is 0.275. The third kappa shape index (κ3) is 5.44. The largest absolute Gasteiger partial charge is 0.435 e. The van der Waals surface area contributed by atoms with E-state index in [-0.39, 0.29) is 45.7 Å². The van der Waals surface area contributed by atoms with Gasteiger partial charge in [0.15, 0.2) is 17.2 Å². The number of fused-ring (bicyclic) bond motifs is 1. The van der Waals surface area contributed by atoms with Crippen molar-refractivity contribution in [3.8, 4) is 11.3 Å². The number of aromatic nitrogens is 5. The van der Waals surface area contributed by atoms with Gasteiger partial charge in [0.2, 0.25) is 0 Å². The molecule has 0 bridgehead atoms. The minimum absolute atomic E-state index is 0.122. The minimum Gasteiger partial charge on any atom is -0.337 e. The van der Waals surface area contributed by atoms with Crippen molar-refractivity contribution in [2.24, 2.45) is 0 Å². The number of carbonyl (C=O) groups is 2. The molecule has 2 aliphatic heterocycles. The van der Waals surface area contributed by atoms with E-state index in [1.165, 1.54) is 23.0 Å². The Morgan fingerprint density at radius 1 is 1.10 bits per heavy atom. The number of hydrogen-bond acceptors (Lipinski definition) is 7. The highest BCUT2D eigenvalue weighted by atomic mass is 35.5. The molecule has 0 unspecified atom stereocenters. The van der Waals surface area contributed by atoms with E-state index >= 15 is 0 Å². The van der Waals surface area contributed by atoms with E-state index in [4.69, 9.17) is 11.6 Å². The van der Waals surface area contributed by atoms with Crippen molar-refractivity contribution in [1.29, 1.82) is 0 Å². The van der Waals surface area contributed by atoms with Gasteiger partial charge in [-0.25, -0.2) is 14.8 Å². The lowest BCUT2D eigenvalue weighted by Gasteiger charge is -2.35. The van der Waals surface area contributed by atoms with E-state index in [2.05, 4.69) is 36.1 Å². The van der Waals surface area contributed by atoms with Gasteiger partial charge in [-0.3, -0.25) is 14.3 Å². The first kappa shape index (κ1) is 27.8. The standard InChI is InChI=1S/C26H26ClF3N10O2/c27-19-11-15(1-2-17(19)24(41)38-7-9-39(10-8-38)25(42)36-16-3-4-31-12-16)35-22-23-33-14-20(40(23)6-5-32-22)18-13-34-37-21(18)26(28,29)30/h1-2,5-6,11,13-14,16,31H,3-4,7-10,12H2,(H,32,35)(H,34,37)(H,36,42)/t16-/m1/s1. The Kier molecular flexibility index (Phi) is 7.36. The minimum atomic E-state index is -4.64. The van der Waals surface area contributed by atoms with Crippen molar-refractivity contribution in [2.75, 3.05) is 44.6 Å². The number of alkyl halides is 3. The number of anilines is 2. The van der Waals surface area contributed by atoms with Gasteiger partial charge in [0.25, 0.3) is 5.91 Å². The van der Waals surface area contributed by atoms with Crippen molar-refractivity contribution in [3.05, 3.63) is 59.3 Å². The number of halogens is 4. The number of hydrogen-bond donors (Lipinski definition) is 4. The molecule has 42 heavy (non-hydrogen) atoms. The maximum absolute atomic E-state index is 13.4. The van der Waals surface area contributed by atoms with Crippen molar-refractivity contribution < 1.29 is 22.8 Å². The SMILES string of the molecule is O=C(N[C@@H]1CCNC1)N1CCN(C(=O)c2ccc(Nc3nccn4c(-c5c[nH]nc5C(F)(F)F)cnc34)cc2Cl)CC1. The normalized spacial score (nSPS) is 17.6. The number of nitrogens with zero attached hydrogens (tertiary/aromatic N) is 6. The number of H-pyrrole nitrogens is 1. The number of amides is 3. The van der Waals surface area contributed by atoms with Crippen LogP contribution >= 0.6 is 11.6 Å². The number of benzene rings is 1. The molecule has 220 valence electrons. The molecule has 2 fully saturated rings. The summed E-state index contributed by atoms with van der Waals surface area (Å²) in [5, 5.41) is 15.1. The second-order valence-electron chi connectivity index (χ2n) is 10.00. The lowest BCUT2D eigenvalue weighted by atomic mass is 10.1. The first-order valence-electron chi connectivity index (χ1n) is 13.2. The fourth-order valence-corrected chi connectivity index (χ4v) is 5.40. The second kappa shape index (κ2) is 11.1. The van der Waals surface area contributed by atoms with Crippen LogP contribution in [0, 0.1) is 0 Å². The molecular weight excluding hydrogens is 577 g/mol. The Balaban J connectivity index is 1.13. The molecule has 12 nitrogen and oxygen atoms in total. The zero-order valence-corrected chi connectivity index (χ0v) is 22.8. The van der Waals surface area contributed by atoms with Gasteiger partial charge in [-0.05, 0) is 31.2 Å². The average Bonchev–Trinajstić information content (AvgIpc) is 3.74. The zero-order valence-electron chi connectivity index (χ0n) is 22.1. The fraction of sp³-hybridized carbons (Fsp3) is 0.346. The van der Waals surface area contributed by atoms with Gasteiger partial charge in [0.05, 0.1) is 28.0 Å². The van der Waals surface area contributed by atoms with E-state index in [1.807, 2.05) is 0 Å². The number of urea groups is 1. The van der Waals surface area contributed by atoms with Crippen LogP contribution in [0.5, 0.6) is 0 Å². The predicted molar refractivity (Wildman–Crippen MR) is 148 cm³/mol. The Hall–Kier alpha value is -4.37. The first-order valence-corrected chi connectivity index (χ1v) is 13.6. The summed E-state index contributed by atoms with van der Waals surface area (Å²) in [5.41, 5.74) is 0.0855. The molecular formula is C26H26ClF3N10O2. The van der Waals surface area contributed by atoms with Crippen molar-refractivity contribution in [1.82, 2.24) is 45.0 Å². The van der Waals surface area contributed by atoms with Gasteiger partial charge in [-0.2, -0.15) is 18.3 Å². The maximum Gasteiger partial charge on any atom is 0.435 e. The summed E-state index contributed by atoms with van der Waals surface area (Å²) in [7, 11) is 0. The second-order valence-corrected chi connectivity index (χ2v) is 10.4. The van der Waals surface area contributed by atoms with Crippen molar-refractivity contribution in [3.63, 3.8) is 0 Å². The molecule has 0 aliphatic carbocycles. The molecule has 1 aromatic carbocycles. The van der Waals surface area contributed by atoms with E-state index in [0.29, 0.717) is 37.4 Å². The first-order chi connectivity index (χ1) is 20.2. The molecule has 6 rings (SSSR count). The number of piperazine rings is 1. The summed E-state index contributed by atoms with van der Waals surface area (Å²) in [6, 6.07) is 4.83. The Labute approximate surface area is 242 Å². The van der Waals surface area contributed by atoms with Crippen LogP contribution in [0.1, 0.15) is 22.5 Å². The third-order valence-corrected chi connectivity index (χ3v) is 7.63. The summed E-state index contributed by atoms with van der Waals surface area (Å²) in [5.74, 6) is 0.0315. The molecule has 0 radical (unpaired) electrons. The summed E-state index contributed by atoms with van der Waals surface area (Å²) in [6.45, 7) is 3.24. The van der Waals surface area contributed by atoms with E-state index in [1.54, 1.807) is 28.0 Å². The highest BCUT2D eigenvalue weighted by Gasteiger charge is 2.37. The zero-order chi connectivity index (χ0) is 29.4. The summed E-state index contributed by atoms with van der Waals surface area (Å²) >= 11 is 6.51. The monoisotopic (exact) mass is 602 g/mol. The molecule has 2 aliphatic rings. The molecule has 16 heteroatoms. The molecule has 0 spiro atoms. The van der Waals surface area contributed by atoms with E-state index in [0.717, 1.165) is 25.7 Å². The highest BCUT2D eigenvalue weighted by molar-refractivity contribution is 6.34. The van der Waals surface area contributed by atoms with Gasteiger partial charge >= 0.3 is 12.2 Å². The Bertz CT molecular complexity index is 1620. The van der Waals surface area contributed by atoms with Crippen molar-refractivity contribution >= 4 is 40.7 Å². The van der Waals surface area contributed by atoms with Gasteiger partial charge in [-0.15, -0.1) is 0 Å². The summed E-state index contributed by atoms with van der Waals surface area (Å²) in [4.78, 5) is 37.7. The lowest BCUT2D eigenvalue weighted by molar-refractivity contribution is -0.140. The van der Waals surface area contributed by atoms with Crippen LogP contribution in [0.2, 0.25) is 5.02 Å². The average molecular weight is 603 g/mol. The number of carbonyl (C=O) groups excluding carboxylic acids is 2. The van der Waals surface area contributed by atoms with Crippen LogP contribution in [-0.2, 0) is 6.18 Å². The van der Waals surface area contributed by atoms with Crippen LogP contribution in [-0.4, -0.2) is 91.6 Å². The third-order valence-electron chi connectivity index (χ3n) is 7.32. The topological polar surface area (TPSA) is 136 Å². The number of aromatic amines is 1. The fourth-order valence-electron chi connectivity index (χ4n) is 5.14. The van der Waals surface area contributed by atoms with Gasteiger partial charge in [0, 0.05) is 63.0 Å². The van der Waals surface area contributed by atoms with Gasteiger partial charge in [0.1, 0.15) is 0 Å². The Morgan fingerprint density at radius 2 is 1.88 bits per heavy atom. The Morgan fingerprint density at radius 3 is 2.60 bits per heavy atom. The predicted octanol–water partition coefficient (Wildman–Crippen LogP) is 3.36. The molecule has 1 atom stereocenters. The van der Waals surface area contributed by atoms with Gasteiger partial charge < -0.3 is 25.8 Å². The number of nitrogens with one attached hydrogen (secondary N) is 4. The van der Waals surface area contributed by atoms with Gasteiger partial charge in [-0.1, -0.05) is 11.6 Å². The molecule has 3 aromatic heterocycles. The molecule has 3 amide bonds. The molecule has 2 saturated heterocycles. The maximum atomic E-state index is 13.4. The highest BCUT2D eigenvalue weighted by Crippen LogP contribution is 2.36. The molecule has 0 saturated carbocycles. The smallest absolute Gasteiger partial charge is 0.337 e. The van der Waals surface area contributed by atoms with Crippen LogP contribution in [0.15, 0.2) is 43.0 Å². The molecule has 4 N–H and O–H groups in total. The van der Waals surface area contributed by atoms with Crippen molar-refractivity contribution in [2.45, 2.75) is 18.6 Å². The summed E-state index contributed by atoms with van der Waals surface area (Å²) < 4.78 is 41.7. The number of imidazole rings is 1. The van der Waals surface area contributed by atoms with E-state index in [9.17, 15) is 22.8 Å². The summed E-state index contributed by atoms with van der Waals surface area (Å²) in [6.07, 6.45) is 1.66. The van der Waals surface area contributed by atoms with Crippen LogP contribution < -0.4 is 16.0 Å². The molecule has 4 aromatic rings.